The standard InChI is InChI=1S/C16H15FN2O2/c1-10-18-12-7-5-6-11(17)15(12)16(20)19(10)13-8-3-4-9-14(13)21-2/h5-9H,3-4H2,1-2H3. The van der Waals surface area contributed by atoms with Crippen LogP contribution < -0.4 is 5.56 Å². The molecule has 1 aliphatic rings. The monoisotopic (exact) mass is 286 g/mol. The molecule has 1 heterocycles. The second kappa shape index (κ2) is 5.16. The first-order chi connectivity index (χ1) is 10.1. The fourth-order valence-corrected chi connectivity index (χ4v) is 2.61. The molecule has 0 radical (unpaired) electrons. The number of rotatable bonds is 2. The molecule has 3 rings (SSSR count). The lowest BCUT2D eigenvalue weighted by molar-refractivity contribution is 0.304. The molecule has 0 bridgehead atoms. The number of aromatic nitrogens is 2. The SMILES string of the molecule is COC1=CCCC=C1n1c(C)nc2cccc(F)c2c1=O. The number of methoxy groups -OCH3 is 1. The normalized spacial score (nSPS) is 14.8. The predicted molar refractivity (Wildman–Crippen MR) is 79.3 cm³/mol. The third kappa shape index (κ3) is 2.14. The van der Waals surface area contributed by atoms with Crippen LogP contribution in [-0.4, -0.2) is 16.7 Å². The Labute approximate surface area is 121 Å². The minimum atomic E-state index is -0.557. The molecule has 1 aromatic carbocycles. The Balaban J connectivity index is 2.34. The number of hydrogen-bond acceptors (Lipinski definition) is 3. The van der Waals surface area contributed by atoms with Gasteiger partial charge in [0.2, 0.25) is 0 Å². The summed E-state index contributed by atoms with van der Waals surface area (Å²) < 4.78 is 20.7. The molecule has 108 valence electrons. The highest BCUT2D eigenvalue weighted by molar-refractivity contribution is 5.80. The molecule has 0 amide bonds. The van der Waals surface area contributed by atoms with Crippen molar-refractivity contribution in [1.82, 2.24) is 9.55 Å². The number of halogens is 1. The first-order valence-corrected chi connectivity index (χ1v) is 6.76. The molecule has 0 N–H and O–H groups in total. The van der Waals surface area contributed by atoms with Gasteiger partial charge in [-0.1, -0.05) is 12.1 Å². The topological polar surface area (TPSA) is 44.1 Å². The van der Waals surface area contributed by atoms with Crippen molar-refractivity contribution < 1.29 is 9.13 Å². The third-order valence-electron chi connectivity index (χ3n) is 3.56. The van der Waals surface area contributed by atoms with Gasteiger partial charge >= 0.3 is 0 Å². The number of ether oxygens (including phenoxy) is 1. The van der Waals surface area contributed by atoms with Gasteiger partial charge in [-0.25, -0.2) is 9.37 Å². The molecule has 5 heteroatoms. The van der Waals surface area contributed by atoms with Crippen LogP contribution in [-0.2, 0) is 4.74 Å². The van der Waals surface area contributed by atoms with Gasteiger partial charge in [0.15, 0.2) is 0 Å². The van der Waals surface area contributed by atoms with Gasteiger partial charge in [-0.2, -0.15) is 0 Å². The maximum atomic E-state index is 14.0. The zero-order valence-electron chi connectivity index (χ0n) is 11.9. The Kier molecular flexibility index (Phi) is 3.33. The molecule has 1 aromatic heterocycles. The van der Waals surface area contributed by atoms with Gasteiger partial charge in [-0.05, 0) is 38.0 Å². The van der Waals surface area contributed by atoms with Crippen molar-refractivity contribution in [2.75, 3.05) is 7.11 Å². The van der Waals surface area contributed by atoms with E-state index in [2.05, 4.69) is 4.98 Å². The average molecular weight is 286 g/mol. The first kappa shape index (κ1) is 13.5. The van der Waals surface area contributed by atoms with E-state index in [-0.39, 0.29) is 5.39 Å². The van der Waals surface area contributed by atoms with Crippen LogP contribution >= 0.6 is 0 Å². The van der Waals surface area contributed by atoms with Crippen LogP contribution in [0.25, 0.3) is 16.6 Å². The molecule has 4 nitrogen and oxygen atoms in total. The van der Waals surface area contributed by atoms with Gasteiger partial charge in [0, 0.05) is 0 Å². The van der Waals surface area contributed by atoms with Crippen LogP contribution in [0.1, 0.15) is 18.7 Å². The van der Waals surface area contributed by atoms with Crippen molar-refractivity contribution in [2.45, 2.75) is 19.8 Å². The number of aryl methyl sites for hydroxylation is 1. The smallest absolute Gasteiger partial charge is 0.269 e. The third-order valence-corrected chi connectivity index (χ3v) is 3.56. The summed E-state index contributed by atoms with van der Waals surface area (Å²) in [5, 5.41) is 0.00465. The molecule has 1 aliphatic carbocycles. The number of fused-ring (bicyclic) bond motifs is 1. The summed E-state index contributed by atoms with van der Waals surface area (Å²) in [6.07, 6.45) is 5.51. The zero-order valence-corrected chi connectivity index (χ0v) is 11.9. The van der Waals surface area contributed by atoms with E-state index in [0.29, 0.717) is 22.8 Å². The van der Waals surface area contributed by atoms with Crippen molar-refractivity contribution in [2.24, 2.45) is 0 Å². The zero-order chi connectivity index (χ0) is 15.0. The number of nitrogens with zero attached hydrogens (tertiary/aromatic N) is 2. The maximum absolute atomic E-state index is 14.0. The Hall–Kier alpha value is -2.43. The number of allylic oxidation sites excluding steroid dienone is 3. The van der Waals surface area contributed by atoms with Gasteiger partial charge in [-0.15, -0.1) is 0 Å². The highest BCUT2D eigenvalue weighted by Gasteiger charge is 2.18. The lowest BCUT2D eigenvalue weighted by Gasteiger charge is -2.19. The summed E-state index contributed by atoms with van der Waals surface area (Å²) in [5.41, 5.74) is 0.587. The van der Waals surface area contributed by atoms with Gasteiger partial charge in [-0.3, -0.25) is 9.36 Å². The molecule has 0 saturated heterocycles. The van der Waals surface area contributed by atoms with E-state index in [1.54, 1.807) is 26.2 Å². The van der Waals surface area contributed by atoms with Crippen molar-refractivity contribution in [1.29, 1.82) is 0 Å². The summed E-state index contributed by atoms with van der Waals surface area (Å²) >= 11 is 0. The maximum Gasteiger partial charge on any atom is 0.269 e. The molecule has 0 aliphatic heterocycles. The van der Waals surface area contributed by atoms with Crippen molar-refractivity contribution in [3.8, 4) is 0 Å². The first-order valence-electron chi connectivity index (χ1n) is 6.76. The molecule has 0 unspecified atom stereocenters. The molecule has 0 saturated carbocycles. The van der Waals surface area contributed by atoms with Crippen LogP contribution in [0.15, 0.2) is 40.9 Å². The predicted octanol–water partition coefficient (Wildman–Crippen LogP) is 3.01. The Bertz CT molecular complexity index is 834. The summed E-state index contributed by atoms with van der Waals surface area (Å²) in [6, 6.07) is 4.46. The van der Waals surface area contributed by atoms with E-state index in [4.69, 9.17) is 4.74 Å². The largest absolute Gasteiger partial charge is 0.495 e. The summed E-state index contributed by atoms with van der Waals surface area (Å²) in [6.45, 7) is 1.73. The van der Waals surface area contributed by atoms with Crippen LogP contribution in [0.3, 0.4) is 0 Å². The molecule has 2 aromatic rings. The van der Waals surface area contributed by atoms with E-state index in [0.717, 1.165) is 12.8 Å². The highest BCUT2D eigenvalue weighted by atomic mass is 19.1. The summed E-state index contributed by atoms with van der Waals surface area (Å²) in [5.74, 6) is 0.566. The summed E-state index contributed by atoms with van der Waals surface area (Å²) in [7, 11) is 1.56. The van der Waals surface area contributed by atoms with E-state index in [9.17, 15) is 9.18 Å². The Morgan fingerprint density at radius 2 is 2.05 bits per heavy atom. The van der Waals surface area contributed by atoms with Crippen LogP contribution in [0.5, 0.6) is 0 Å². The molecule has 21 heavy (non-hydrogen) atoms. The highest BCUT2D eigenvalue weighted by Crippen LogP contribution is 2.24. The lowest BCUT2D eigenvalue weighted by Crippen LogP contribution is -2.25. The number of benzene rings is 1. The molecular formula is C16H15FN2O2. The average Bonchev–Trinajstić information content (AvgIpc) is 2.47. The fraction of sp³-hybridized carbons (Fsp3) is 0.250. The summed E-state index contributed by atoms with van der Waals surface area (Å²) in [4.78, 5) is 17.0. The van der Waals surface area contributed by atoms with Crippen LogP contribution in [0.4, 0.5) is 4.39 Å². The minimum absolute atomic E-state index is 0.00465. The Morgan fingerprint density at radius 3 is 2.81 bits per heavy atom. The van der Waals surface area contributed by atoms with Gasteiger partial charge in [0.1, 0.15) is 22.8 Å². The van der Waals surface area contributed by atoms with E-state index in [1.807, 2.05) is 12.2 Å². The van der Waals surface area contributed by atoms with E-state index < -0.39 is 11.4 Å². The van der Waals surface area contributed by atoms with Crippen molar-refractivity contribution >= 4 is 16.6 Å². The molecule has 0 spiro atoms. The van der Waals surface area contributed by atoms with Crippen LogP contribution in [0, 0.1) is 12.7 Å². The van der Waals surface area contributed by atoms with Crippen molar-refractivity contribution in [3.05, 3.63) is 58.1 Å². The molecule has 0 fully saturated rings. The molecular weight excluding hydrogens is 271 g/mol. The van der Waals surface area contributed by atoms with Crippen molar-refractivity contribution in [3.63, 3.8) is 0 Å². The fourth-order valence-electron chi connectivity index (χ4n) is 2.61. The second-order valence-corrected chi connectivity index (χ2v) is 4.87. The van der Waals surface area contributed by atoms with Gasteiger partial charge in [0.05, 0.1) is 18.3 Å². The lowest BCUT2D eigenvalue weighted by atomic mass is 10.1. The quantitative estimate of drug-likeness (QED) is 0.852. The molecule has 0 atom stereocenters. The number of hydrogen-bond donors (Lipinski definition) is 0. The van der Waals surface area contributed by atoms with Gasteiger partial charge < -0.3 is 4.74 Å². The Morgan fingerprint density at radius 1 is 1.29 bits per heavy atom. The van der Waals surface area contributed by atoms with E-state index >= 15 is 0 Å². The van der Waals surface area contributed by atoms with E-state index in [1.165, 1.54) is 10.6 Å². The van der Waals surface area contributed by atoms with Crippen LogP contribution in [0.2, 0.25) is 0 Å². The second-order valence-electron chi connectivity index (χ2n) is 4.87. The minimum Gasteiger partial charge on any atom is -0.495 e. The van der Waals surface area contributed by atoms with Gasteiger partial charge in [0.25, 0.3) is 5.56 Å².